The highest BCUT2D eigenvalue weighted by Gasteiger charge is 2.27. The summed E-state index contributed by atoms with van der Waals surface area (Å²) in [5, 5.41) is 30.4. The van der Waals surface area contributed by atoms with Gasteiger partial charge in [0.25, 0.3) is 0 Å². The van der Waals surface area contributed by atoms with Crippen LogP contribution in [-0.4, -0.2) is 57.3 Å². The molecule has 3 atom stereocenters. The molecule has 8 nitrogen and oxygen atoms in total. The molecule has 4 N–H and O–H groups in total. The maximum atomic E-state index is 11.7. The van der Waals surface area contributed by atoms with E-state index < -0.39 is 30.6 Å². The molecule has 0 bridgehead atoms. The van der Waals surface area contributed by atoms with Crippen LogP contribution in [0.5, 0.6) is 0 Å². The topological polar surface area (TPSA) is 119 Å². The van der Waals surface area contributed by atoms with Gasteiger partial charge in [-0.1, -0.05) is 30.3 Å². The fourth-order valence-corrected chi connectivity index (χ4v) is 1.92. The molecule has 1 aromatic rings. The second-order valence-electron chi connectivity index (χ2n) is 5.06. The van der Waals surface area contributed by atoms with Crippen LogP contribution in [0.2, 0.25) is 0 Å². The van der Waals surface area contributed by atoms with Gasteiger partial charge in [0, 0.05) is 6.54 Å². The molecule has 0 saturated heterocycles. The number of carbonyl (C=O) groups is 2. The van der Waals surface area contributed by atoms with Gasteiger partial charge in [-0.25, -0.2) is 9.59 Å². The SMILES string of the molecule is CC(O)N(CC(NC(=O)OCc1ccccc1)C(=O)O)[C@@H](C)O. The lowest BCUT2D eigenvalue weighted by atomic mass is 10.2. The number of aliphatic carboxylic acids is 1. The van der Waals surface area contributed by atoms with Crippen LogP contribution in [0.3, 0.4) is 0 Å². The maximum absolute atomic E-state index is 11.7. The maximum Gasteiger partial charge on any atom is 0.408 e. The van der Waals surface area contributed by atoms with Crippen LogP contribution in [0.25, 0.3) is 0 Å². The average Bonchev–Trinajstić information content (AvgIpc) is 2.49. The van der Waals surface area contributed by atoms with Crippen LogP contribution in [-0.2, 0) is 16.1 Å². The molecule has 1 amide bonds. The molecule has 8 heteroatoms. The Bertz CT molecular complexity index is 498. The Kier molecular flexibility index (Phi) is 7.46. The van der Waals surface area contributed by atoms with E-state index in [1.54, 1.807) is 24.3 Å². The van der Waals surface area contributed by atoms with Crippen molar-refractivity contribution in [3.63, 3.8) is 0 Å². The lowest BCUT2D eigenvalue weighted by Crippen LogP contribution is -2.53. The van der Waals surface area contributed by atoms with Gasteiger partial charge in [-0.2, -0.15) is 0 Å². The van der Waals surface area contributed by atoms with Crippen molar-refractivity contribution < 1.29 is 29.6 Å². The minimum absolute atomic E-state index is 0.00946. The van der Waals surface area contributed by atoms with Crippen molar-refractivity contribution in [2.45, 2.75) is 39.0 Å². The Morgan fingerprint density at radius 3 is 2.22 bits per heavy atom. The number of carbonyl (C=O) groups excluding carboxylic acids is 1. The highest BCUT2D eigenvalue weighted by Crippen LogP contribution is 2.05. The predicted molar refractivity (Wildman–Crippen MR) is 81.3 cm³/mol. The van der Waals surface area contributed by atoms with Crippen molar-refractivity contribution in [3.05, 3.63) is 35.9 Å². The summed E-state index contributed by atoms with van der Waals surface area (Å²) in [6.07, 6.45) is -3.03. The zero-order valence-electron chi connectivity index (χ0n) is 13.0. The first kappa shape index (κ1) is 18.9. The average molecular weight is 326 g/mol. The number of carboxylic acids is 1. The molecular weight excluding hydrogens is 304 g/mol. The molecule has 0 aliphatic carbocycles. The van der Waals surface area contributed by atoms with Gasteiger partial charge in [-0.3, -0.25) is 4.90 Å². The molecule has 128 valence electrons. The molecular formula is C15H22N2O6. The van der Waals surface area contributed by atoms with Crippen LogP contribution in [0.4, 0.5) is 4.79 Å². The molecule has 0 aromatic heterocycles. The number of carboxylic acid groups (broad SMARTS) is 1. The van der Waals surface area contributed by atoms with Gasteiger partial charge in [-0.15, -0.1) is 0 Å². The molecule has 0 fully saturated rings. The van der Waals surface area contributed by atoms with Crippen molar-refractivity contribution in [2.24, 2.45) is 0 Å². The Balaban J connectivity index is 2.57. The number of nitrogens with zero attached hydrogens (tertiary/aromatic N) is 1. The summed E-state index contributed by atoms with van der Waals surface area (Å²) in [4.78, 5) is 24.1. The molecule has 0 aliphatic rings. The third-order valence-corrected chi connectivity index (χ3v) is 3.16. The van der Waals surface area contributed by atoms with Gasteiger partial charge < -0.3 is 25.4 Å². The minimum Gasteiger partial charge on any atom is -0.480 e. The van der Waals surface area contributed by atoms with Crippen LogP contribution < -0.4 is 5.32 Å². The van der Waals surface area contributed by atoms with Gasteiger partial charge >= 0.3 is 12.1 Å². The van der Waals surface area contributed by atoms with Crippen molar-refractivity contribution in [3.8, 4) is 0 Å². The number of alkyl carbamates (subject to hydrolysis) is 1. The Labute approximate surface area is 134 Å². The Morgan fingerprint density at radius 1 is 1.17 bits per heavy atom. The standard InChI is InChI=1S/C15H22N2O6/c1-10(18)17(11(2)19)8-13(14(20)21)16-15(22)23-9-12-6-4-3-5-7-12/h3-7,10-11,13,18-19H,8-9H2,1-2H3,(H,16,22)(H,20,21)/t10-,11?,13?/m1/s1. The Morgan fingerprint density at radius 2 is 1.74 bits per heavy atom. The molecule has 0 radical (unpaired) electrons. The number of aliphatic hydroxyl groups is 2. The van der Waals surface area contributed by atoms with Crippen LogP contribution in [0.15, 0.2) is 30.3 Å². The van der Waals surface area contributed by atoms with Gasteiger partial charge in [-0.05, 0) is 19.4 Å². The fourth-order valence-electron chi connectivity index (χ4n) is 1.92. The van der Waals surface area contributed by atoms with Gasteiger partial charge in [0.2, 0.25) is 0 Å². The summed E-state index contributed by atoms with van der Waals surface area (Å²) in [6.45, 7) is 2.51. The Hall–Kier alpha value is -2.16. The third-order valence-electron chi connectivity index (χ3n) is 3.16. The number of hydrogen-bond donors (Lipinski definition) is 4. The first-order valence-corrected chi connectivity index (χ1v) is 7.13. The number of amides is 1. The molecule has 0 spiro atoms. The molecule has 0 aliphatic heterocycles. The summed E-state index contributed by atoms with van der Waals surface area (Å²) in [5.74, 6) is -1.30. The molecule has 0 saturated carbocycles. The summed E-state index contributed by atoms with van der Waals surface area (Å²) in [7, 11) is 0. The zero-order valence-corrected chi connectivity index (χ0v) is 13.0. The first-order chi connectivity index (χ1) is 10.8. The molecule has 23 heavy (non-hydrogen) atoms. The van der Waals surface area contributed by atoms with E-state index in [1.165, 1.54) is 13.8 Å². The lowest BCUT2D eigenvalue weighted by Gasteiger charge is -2.30. The first-order valence-electron chi connectivity index (χ1n) is 7.13. The number of rotatable bonds is 8. The smallest absolute Gasteiger partial charge is 0.408 e. The predicted octanol–water partition coefficient (Wildman–Crippen LogP) is 0.345. The molecule has 1 aromatic carbocycles. The van der Waals surface area contributed by atoms with E-state index in [0.29, 0.717) is 0 Å². The van der Waals surface area contributed by atoms with Crippen LogP contribution >= 0.6 is 0 Å². The van der Waals surface area contributed by atoms with Crippen LogP contribution in [0.1, 0.15) is 19.4 Å². The summed E-state index contributed by atoms with van der Waals surface area (Å²) < 4.78 is 4.95. The molecule has 0 heterocycles. The van der Waals surface area contributed by atoms with E-state index in [4.69, 9.17) is 9.84 Å². The van der Waals surface area contributed by atoms with Crippen molar-refractivity contribution in [1.29, 1.82) is 0 Å². The van der Waals surface area contributed by atoms with E-state index in [-0.39, 0.29) is 13.2 Å². The van der Waals surface area contributed by atoms with Crippen LogP contribution in [0, 0.1) is 0 Å². The van der Waals surface area contributed by atoms with Crippen molar-refractivity contribution >= 4 is 12.1 Å². The minimum atomic E-state index is -1.33. The van der Waals surface area contributed by atoms with E-state index in [0.717, 1.165) is 10.5 Å². The van der Waals surface area contributed by atoms with E-state index in [9.17, 15) is 19.8 Å². The largest absolute Gasteiger partial charge is 0.480 e. The van der Waals surface area contributed by atoms with Gasteiger partial charge in [0.15, 0.2) is 0 Å². The zero-order chi connectivity index (χ0) is 17.4. The second-order valence-corrected chi connectivity index (χ2v) is 5.06. The van der Waals surface area contributed by atoms with Gasteiger partial charge in [0.1, 0.15) is 25.1 Å². The normalized spacial score (nSPS) is 14.8. The third kappa shape index (κ3) is 6.64. The lowest BCUT2D eigenvalue weighted by molar-refractivity contribution is -0.143. The number of hydrogen-bond acceptors (Lipinski definition) is 6. The molecule has 2 unspecified atom stereocenters. The highest BCUT2D eigenvalue weighted by molar-refractivity contribution is 5.80. The number of aliphatic hydroxyl groups excluding tert-OH is 2. The summed E-state index contributed by atoms with van der Waals surface area (Å²) >= 11 is 0. The van der Waals surface area contributed by atoms with E-state index in [2.05, 4.69) is 5.32 Å². The van der Waals surface area contributed by atoms with E-state index >= 15 is 0 Å². The fraction of sp³-hybridized carbons (Fsp3) is 0.467. The quantitative estimate of drug-likeness (QED) is 0.509. The van der Waals surface area contributed by atoms with Gasteiger partial charge in [0.05, 0.1) is 0 Å². The number of nitrogens with one attached hydrogen (secondary N) is 1. The van der Waals surface area contributed by atoms with Crippen molar-refractivity contribution in [2.75, 3.05) is 6.54 Å². The van der Waals surface area contributed by atoms with E-state index in [1.807, 2.05) is 6.07 Å². The summed E-state index contributed by atoms with van der Waals surface area (Å²) in [6, 6.07) is 7.61. The number of ether oxygens (including phenoxy) is 1. The summed E-state index contributed by atoms with van der Waals surface area (Å²) in [5.41, 5.74) is 0.768. The van der Waals surface area contributed by atoms with Crippen molar-refractivity contribution in [1.82, 2.24) is 10.2 Å². The highest BCUT2D eigenvalue weighted by atomic mass is 16.5. The monoisotopic (exact) mass is 326 g/mol. The molecule has 1 rings (SSSR count). The second kappa shape index (κ2) is 9.09. The number of benzene rings is 1.